The van der Waals surface area contributed by atoms with Gasteiger partial charge < -0.3 is 5.32 Å². The molecule has 1 atom stereocenters. The van der Waals surface area contributed by atoms with Gasteiger partial charge in [0.1, 0.15) is 5.82 Å². The molecule has 0 fully saturated rings. The van der Waals surface area contributed by atoms with Gasteiger partial charge in [0.05, 0.1) is 0 Å². The number of benzene rings is 2. The van der Waals surface area contributed by atoms with Crippen LogP contribution in [0.2, 0.25) is 0 Å². The van der Waals surface area contributed by atoms with Crippen molar-refractivity contribution in [3.05, 3.63) is 64.4 Å². The summed E-state index contributed by atoms with van der Waals surface area (Å²) in [7, 11) is 0. The lowest BCUT2D eigenvalue weighted by Gasteiger charge is -2.19. The first-order valence-corrected chi connectivity index (χ1v) is 8.84. The van der Waals surface area contributed by atoms with Gasteiger partial charge in [-0.05, 0) is 48.9 Å². The number of halogens is 2. The van der Waals surface area contributed by atoms with Crippen LogP contribution in [0.5, 0.6) is 0 Å². The molecule has 2 rings (SSSR count). The third-order valence-corrected chi connectivity index (χ3v) is 4.69. The van der Waals surface area contributed by atoms with Gasteiger partial charge in [0.25, 0.3) is 0 Å². The molecule has 0 aliphatic heterocycles. The summed E-state index contributed by atoms with van der Waals surface area (Å²) in [4.78, 5) is 1.21. The maximum absolute atomic E-state index is 13.4. The van der Waals surface area contributed by atoms with E-state index in [0.717, 1.165) is 28.8 Å². The average molecular weight is 368 g/mol. The van der Waals surface area contributed by atoms with Gasteiger partial charge in [0.2, 0.25) is 0 Å². The van der Waals surface area contributed by atoms with Gasteiger partial charge in [-0.1, -0.05) is 41.1 Å². The van der Waals surface area contributed by atoms with Crippen LogP contribution in [-0.2, 0) is 0 Å². The Balaban J connectivity index is 2.06. The minimum Gasteiger partial charge on any atom is -0.309 e. The zero-order valence-electron chi connectivity index (χ0n) is 12.0. The fraction of sp³-hybridized carbons (Fsp3) is 0.294. The Kier molecular flexibility index (Phi) is 6.74. The van der Waals surface area contributed by atoms with E-state index in [4.69, 9.17) is 0 Å². The Labute approximate surface area is 138 Å². The molecule has 1 N–H and O–H groups in total. The highest BCUT2D eigenvalue weighted by Crippen LogP contribution is 2.27. The minimum absolute atomic E-state index is 0.157. The highest BCUT2D eigenvalue weighted by molar-refractivity contribution is 9.10. The van der Waals surface area contributed by atoms with Crippen LogP contribution in [0, 0.1) is 5.82 Å². The van der Waals surface area contributed by atoms with Gasteiger partial charge in [0.15, 0.2) is 0 Å². The molecule has 0 bridgehead atoms. The summed E-state index contributed by atoms with van der Waals surface area (Å²) in [6.45, 7) is 3.07. The fourth-order valence-electron chi connectivity index (χ4n) is 2.05. The lowest BCUT2D eigenvalue weighted by atomic mass is 10.1. The van der Waals surface area contributed by atoms with Gasteiger partial charge in [0, 0.05) is 21.2 Å². The number of hydrogen-bond donors (Lipinski definition) is 1. The Morgan fingerprint density at radius 2 is 2.00 bits per heavy atom. The zero-order valence-corrected chi connectivity index (χ0v) is 14.4. The average Bonchev–Trinajstić information content (AvgIpc) is 2.47. The molecule has 4 heteroatoms. The van der Waals surface area contributed by atoms with Gasteiger partial charge in [-0.25, -0.2) is 4.39 Å². The molecule has 0 saturated heterocycles. The van der Waals surface area contributed by atoms with Crippen molar-refractivity contribution in [2.24, 2.45) is 0 Å². The van der Waals surface area contributed by atoms with E-state index in [-0.39, 0.29) is 11.9 Å². The zero-order chi connectivity index (χ0) is 15.1. The van der Waals surface area contributed by atoms with Gasteiger partial charge in [-0.15, -0.1) is 11.8 Å². The first-order chi connectivity index (χ1) is 10.2. The van der Waals surface area contributed by atoms with Crippen LogP contribution in [0.3, 0.4) is 0 Å². The normalized spacial score (nSPS) is 12.3. The van der Waals surface area contributed by atoms with Crippen molar-refractivity contribution in [3.63, 3.8) is 0 Å². The first-order valence-electron chi connectivity index (χ1n) is 7.06. The molecule has 2 aromatic rings. The Bertz CT molecular complexity index is 576. The molecule has 0 radical (unpaired) electrons. The Hall–Kier alpha value is -0.840. The molecule has 0 saturated carbocycles. The molecule has 1 nitrogen and oxygen atoms in total. The third-order valence-electron chi connectivity index (χ3n) is 3.10. The quantitative estimate of drug-likeness (QED) is 0.655. The van der Waals surface area contributed by atoms with Crippen LogP contribution in [0.15, 0.2) is 57.9 Å². The number of hydrogen-bond acceptors (Lipinski definition) is 2. The van der Waals surface area contributed by atoms with Crippen LogP contribution >= 0.6 is 27.7 Å². The van der Waals surface area contributed by atoms with Crippen molar-refractivity contribution < 1.29 is 4.39 Å². The lowest BCUT2D eigenvalue weighted by Crippen LogP contribution is -2.24. The minimum atomic E-state index is -0.178. The molecule has 112 valence electrons. The summed E-state index contributed by atoms with van der Waals surface area (Å²) in [6, 6.07) is 15.3. The van der Waals surface area contributed by atoms with Gasteiger partial charge in [-0.2, -0.15) is 0 Å². The van der Waals surface area contributed by atoms with Crippen molar-refractivity contribution in [2.75, 3.05) is 12.3 Å². The molecule has 0 aromatic heterocycles. The van der Waals surface area contributed by atoms with Crippen molar-refractivity contribution in [3.8, 4) is 0 Å². The molecule has 0 aliphatic carbocycles. The van der Waals surface area contributed by atoms with Crippen LogP contribution in [0.25, 0.3) is 0 Å². The second-order valence-electron chi connectivity index (χ2n) is 4.83. The van der Waals surface area contributed by atoms with E-state index in [1.807, 2.05) is 18.2 Å². The Morgan fingerprint density at radius 3 is 2.71 bits per heavy atom. The third kappa shape index (κ3) is 5.46. The SMILES string of the molecule is CCCNC(CSc1cccc(Br)c1)c1cccc(F)c1. The molecule has 0 aliphatic rings. The molecule has 0 heterocycles. The fourth-order valence-corrected chi connectivity index (χ4v) is 3.66. The second kappa shape index (κ2) is 8.57. The maximum Gasteiger partial charge on any atom is 0.123 e. The largest absolute Gasteiger partial charge is 0.309 e. The van der Waals surface area contributed by atoms with E-state index in [1.165, 1.54) is 11.0 Å². The second-order valence-corrected chi connectivity index (χ2v) is 6.84. The van der Waals surface area contributed by atoms with Gasteiger partial charge in [-0.3, -0.25) is 0 Å². The molecule has 21 heavy (non-hydrogen) atoms. The summed E-state index contributed by atoms with van der Waals surface area (Å²) in [5.74, 6) is 0.697. The Morgan fingerprint density at radius 1 is 1.19 bits per heavy atom. The first kappa shape index (κ1) is 16.5. The number of rotatable bonds is 7. The van der Waals surface area contributed by atoms with Gasteiger partial charge >= 0.3 is 0 Å². The molecular formula is C17H19BrFNS. The molecule has 1 unspecified atom stereocenters. The van der Waals surface area contributed by atoms with Crippen molar-refractivity contribution in [1.29, 1.82) is 0 Å². The maximum atomic E-state index is 13.4. The van der Waals surface area contributed by atoms with E-state index >= 15 is 0 Å². The highest BCUT2D eigenvalue weighted by Gasteiger charge is 2.12. The van der Waals surface area contributed by atoms with Crippen LogP contribution in [-0.4, -0.2) is 12.3 Å². The molecule has 0 spiro atoms. The monoisotopic (exact) mass is 367 g/mol. The number of nitrogens with one attached hydrogen (secondary N) is 1. The topological polar surface area (TPSA) is 12.0 Å². The molecule has 2 aromatic carbocycles. The summed E-state index contributed by atoms with van der Waals surface area (Å²) in [6.07, 6.45) is 1.06. The van der Waals surface area contributed by atoms with E-state index < -0.39 is 0 Å². The number of thioether (sulfide) groups is 1. The summed E-state index contributed by atoms with van der Waals surface area (Å²) in [5.41, 5.74) is 1.01. The summed E-state index contributed by atoms with van der Waals surface area (Å²) in [5, 5.41) is 3.50. The summed E-state index contributed by atoms with van der Waals surface area (Å²) < 4.78 is 14.5. The van der Waals surface area contributed by atoms with Crippen molar-refractivity contribution >= 4 is 27.7 Å². The van der Waals surface area contributed by atoms with Crippen molar-refractivity contribution in [2.45, 2.75) is 24.3 Å². The van der Waals surface area contributed by atoms with Crippen LogP contribution in [0.4, 0.5) is 4.39 Å². The summed E-state index contributed by atoms with van der Waals surface area (Å²) >= 11 is 5.27. The molecule has 0 amide bonds. The smallest absolute Gasteiger partial charge is 0.123 e. The standard InChI is InChI=1S/C17H19BrFNS/c1-2-9-20-17(13-5-3-7-15(19)10-13)12-21-16-8-4-6-14(18)11-16/h3-8,10-11,17,20H,2,9,12H2,1H3. The highest BCUT2D eigenvalue weighted by atomic mass is 79.9. The van der Waals surface area contributed by atoms with Crippen LogP contribution in [0.1, 0.15) is 24.9 Å². The van der Waals surface area contributed by atoms with E-state index in [9.17, 15) is 4.39 Å². The molecular weight excluding hydrogens is 349 g/mol. The van der Waals surface area contributed by atoms with E-state index in [1.54, 1.807) is 23.9 Å². The van der Waals surface area contributed by atoms with E-state index in [0.29, 0.717) is 0 Å². The van der Waals surface area contributed by atoms with E-state index in [2.05, 4.69) is 40.3 Å². The van der Waals surface area contributed by atoms with Crippen LogP contribution < -0.4 is 5.32 Å². The predicted octanol–water partition coefficient (Wildman–Crippen LogP) is 5.42. The van der Waals surface area contributed by atoms with Crippen molar-refractivity contribution in [1.82, 2.24) is 5.32 Å². The predicted molar refractivity (Wildman–Crippen MR) is 92.3 cm³/mol. The lowest BCUT2D eigenvalue weighted by molar-refractivity contribution is 0.568.